The summed E-state index contributed by atoms with van der Waals surface area (Å²) in [5.74, 6) is 0.0326. The molecule has 0 spiro atoms. The van der Waals surface area contributed by atoms with Crippen molar-refractivity contribution in [3.8, 4) is 11.5 Å². The molecule has 0 fully saturated rings. The van der Waals surface area contributed by atoms with Gasteiger partial charge in [-0.1, -0.05) is 17.7 Å². The summed E-state index contributed by atoms with van der Waals surface area (Å²) < 4.78 is 34.0. The van der Waals surface area contributed by atoms with Crippen LogP contribution in [0, 0.1) is 0 Å². The van der Waals surface area contributed by atoms with Gasteiger partial charge in [-0.15, -0.1) is 11.3 Å². The van der Waals surface area contributed by atoms with Gasteiger partial charge in [-0.2, -0.15) is 8.78 Å². The minimum absolute atomic E-state index is 0.133. The van der Waals surface area contributed by atoms with Crippen molar-refractivity contribution in [3.05, 3.63) is 45.1 Å². The molecular formula is C13H11ClF2O3S. The van der Waals surface area contributed by atoms with E-state index in [1.165, 1.54) is 30.6 Å². The monoisotopic (exact) mass is 320 g/mol. The first kappa shape index (κ1) is 15.0. The summed E-state index contributed by atoms with van der Waals surface area (Å²) in [7, 11) is 1.35. The van der Waals surface area contributed by atoms with E-state index in [1.807, 2.05) is 0 Å². The number of benzene rings is 1. The Morgan fingerprint density at radius 1 is 1.25 bits per heavy atom. The lowest BCUT2D eigenvalue weighted by Crippen LogP contribution is -2.05. The van der Waals surface area contributed by atoms with Crippen LogP contribution in [-0.2, 0) is 0 Å². The molecule has 1 N–H and O–H groups in total. The summed E-state index contributed by atoms with van der Waals surface area (Å²) in [4.78, 5) is 0.542. The molecular weight excluding hydrogens is 310 g/mol. The molecule has 0 bridgehead atoms. The van der Waals surface area contributed by atoms with E-state index in [9.17, 15) is 13.9 Å². The molecule has 0 radical (unpaired) electrons. The maximum Gasteiger partial charge on any atom is 0.387 e. The zero-order chi connectivity index (χ0) is 14.7. The van der Waals surface area contributed by atoms with Crippen LogP contribution < -0.4 is 9.47 Å². The largest absolute Gasteiger partial charge is 0.493 e. The number of aliphatic hydroxyl groups is 1. The number of halogens is 3. The second-order valence-electron chi connectivity index (χ2n) is 3.82. The van der Waals surface area contributed by atoms with Crippen LogP contribution in [0.25, 0.3) is 0 Å². The summed E-state index contributed by atoms with van der Waals surface area (Å²) >= 11 is 7.22. The van der Waals surface area contributed by atoms with Crippen LogP contribution in [0.15, 0.2) is 29.6 Å². The number of ether oxygens (including phenoxy) is 2. The molecule has 0 aliphatic carbocycles. The molecule has 3 nitrogen and oxygen atoms in total. The number of rotatable bonds is 5. The quantitative estimate of drug-likeness (QED) is 0.901. The fourth-order valence-corrected chi connectivity index (χ4v) is 2.87. The van der Waals surface area contributed by atoms with E-state index in [-0.39, 0.29) is 11.5 Å². The van der Waals surface area contributed by atoms with Gasteiger partial charge in [0.25, 0.3) is 0 Å². The minimum atomic E-state index is -2.97. The lowest BCUT2D eigenvalue weighted by atomic mass is 10.1. The summed E-state index contributed by atoms with van der Waals surface area (Å²) in [6.45, 7) is -2.97. The Bertz CT molecular complexity index is 589. The molecule has 1 unspecified atom stereocenters. The average Bonchev–Trinajstić information content (AvgIpc) is 2.83. The number of methoxy groups -OCH3 is 1. The second kappa shape index (κ2) is 6.39. The van der Waals surface area contributed by atoms with Crippen molar-refractivity contribution in [2.24, 2.45) is 0 Å². The van der Waals surface area contributed by atoms with Gasteiger partial charge in [0.15, 0.2) is 11.5 Å². The molecule has 1 heterocycles. The van der Waals surface area contributed by atoms with Crippen molar-refractivity contribution in [2.45, 2.75) is 12.7 Å². The first-order valence-corrected chi connectivity index (χ1v) is 6.82. The SMILES string of the molecule is COc1ccc(C(O)c2sccc2Cl)cc1OC(F)F. The highest BCUT2D eigenvalue weighted by molar-refractivity contribution is 7.10. The van der Waals surface area contributed by atoms with E-state index in [0.29, 0.717) is 15.5 Å². The molecule has 0 aliphatic rings. The molecule has 2 rings (SSSR count). The molecule has 7 heteroatoms. The Kier molecular flexibility index (Phi) is 4.80. The Morgan fingerprint density at radius 2 is 2.00 bits per heavy atom. The van der Waals surface area contributed by atoms with Gasteiger partial charge in [0, 0.05) is 0 Å². The van der Waals surface area contributed by atoms with Gasteiger partial charge in [0.1, 0.15) is 6.10 Å². The van der Waals surface area contributed by atoms with E-state index in [0.717, 1.165) is 0 Å². The molecule has 20 heavy (non-hydrogen) atoms. The summed E-state index contributed by atoms with van der Waals surface area (Å²) in [6.07, 6.45) is -1.01. The Morgan fingerprint density at radius 3 is 2.55 bits per heavy atom. The Labute approximate surface area is 123 Å². The molecule has 2 aromatic rings. The minimum Gasteiger partial charge on any atom is -0.493 e. The molecule has 108 valence electrons. The topological polar surface area (TPSA) is 38.7 Å². The summed E-state index contributed by atoms with van der Waals surface area (Å²) in [6, 6.07) is 5.99. The van der Waals surface area contributed by atoms with Gasteiger partial charge < -0.3 is 14.6 Å². The van der Waals surface area contributed by atoms with Gasteiger partial charge in [-0.25, -0.2) is 0 Å². The van der Waals surface area contributed by atoms with Crippen LogP contribution >= 0.6 is 22.9 Å². The summed E-state index contributed by atoms with van der Waals surface area (Å²) in [5, 5.41) is 12.4. The van der Waals surface area contributed by atoms with E-state index < -0.39 is 12.7 Å². The van der Waals surface area contributed by atoms with Crippen molar-refractivity contribution in [2.75, 3.05) is 7.11 Å². The van der Waals surface area contributed by atoms with Gasteiger partial charge in [0.05, 0.1) is 17.0 Å². The molecule has 0 saturated carbocycles. The Balaban J connectivity index is 2.35. The van der Waals surface area contributed by atoms with Crippen LogP contribution in [0.3, 0.4) is 0 Å². The number of aliphatic hydroxyl groups excluding tert-OH is 1. The van der Waals surface area contributed by atoms with Crippen LogP contribution in [0.5, 0.6) is 11.5 Å². The zero-order valence-electron chi connectivity index (χ0n) is 10.3. The number of alkyl halides is 2. The first-order chi connectivity index (χ1) is 9.52. The second-order valence-corrected chi connectivity index (χ2v) is 5.18. The third-order valence-corrected chi connectivity index (χ3v) is 4.02. The average molecular weight is 321 g/mol. The third kappa shape index (κ3) is 3.20. The molecule has 1 atom stereocenters. The number of thiophene rings is 1. The van der Waals surface area contributed by atoms with Crippen LogP contribution in [0.1, 0.15) is 16.5 Å². The highest BCUT2D eigenvalue weighted by atomic mass is 35.5. The number of hydrogen-bond acceptors (Lipinski definition) is 4. The first-order valence-electron chi connectivity index (χ1n) is 5.56. The van der Waals surface area contributed by atoms with Crippen molar-refractivity contribution < 1.29 is 23.4 Å². The molecule has 0 aliphatic heterocycles. The van der Waals surface area contributed by atoms with Crippen molar-refractivity contribution in [1.82, 2.24) is 0 Å². The van der Waals surface area contributed by atoms with Crippen LogP contribution in [0.2, 0.25) is 5.02 Å². The van der Waals surface area contributed by atoms with E-state index in [1.54, 1.807) is 17.5 Å². The highest BCUT2D eigenvalue weighted by Gasteiger charge is 2.19. The van der Waals surface area contributed by atoms with Crippen molar-refractivity contribution in [1.29, 1.82) is 0 Å². The maximum absolute atomic E-state index is 12.3. The standard InChI is InChI=1S/C13H11ClF2O3S/c1-18-9-3-2-7(6-10(9)19-13(15)16)11(17)12-8(14)4-5-20-12/h2-6,11,13,17H,1H3. The normalized spacial score (nSPS) is 12.5. The lowest BCUT2D eigenvalue weighted by Gasteiger charge is -2.14. The number of hydrogen-bond donors (Lipinski definition) is 1. The van der Waals surface area contributed by atoms with Gasteiger partial charge in [-0.05, 0) is 29.1 Å². The fraction of sp³-hybridized carbons (Fsp3) is 0.231. The smallest absolute Gasteiger partial charge is 0.387 e. The van der Waals surface area contributed by atoms with Crippen molar-refractivity contribution >= 4 is 22.9 Å². The van der Waals surface area contributed by atoms with Crippen LogP contribution in [0.4, 0.5) is 8.78 Å². The fourth-order valence-electron chi connectivity index (χ4n) is 1.70. The predicted octanol–water partition coefficient (Wildman–Crippen LogP) is 4.09. The molecule has 1 aromatic carbocycles. The lowest BCUT2D eigenvalue weighted by molar-refractivity contribution is -0.0513. The molecule has 0 amide bonds. The maximum atomic E-state index is 12.3. The van der Waals surface area contributed by atoms with Gasteiger partial charge >= 0.3 is 6.61 Å². The zero-order valence-corrected chi connectivity index (χ0v) is 11.9. The van der Waals surface area contributed by atoms with E-state index in [2.05, 4.69) is 4.74 Å². The predicted molar refractivity (Wildman–Crippen MR) is 73.0 cm³/mol. The molecule has 0 saturated heterocycles. The van der Waals surface area contributed by atoms with Gasteiger partial charge in [0.2, 0.25) is 0 Å². The van der Waals surface area contributed by atoms with E-state index >= 15 is 0 Å². The molecule has 1 aromatic heterocycles. The summed E-state index contributed by atoms with van der Waals surface area (Å²) in [5.41, 5.74) is 0.394. The Hall–Kier alpha value is -1.37. The van der Waals surface area contributed by atoms with E-state index in [4.69, 9.17) is 16.3 Å². The van der Waals surface area contributed by atoms with Crippen molar-refractivity contribution in [3.63, 3.8) is 0 Å². The third-order valence-electron chi connectivity index (χ3n) is 2.61. The van der Waals surface area contributed by atoms with Gasteiger partial charge in [-0.3, -0.25) is 0 Å². The van der Waals surface area contributed by atoms with Crippen LogP contribution in [-0.4, -0.2) is 18.8 Å². The highest BCUT2D eigenvalue weighted by Crippen LogP contribution is 2.37.